The number of carbonyl (C=O) groups is 1. The van der Waals surface area contributed by atoms with Crippen LogP contribution in [-0.2, 0) is 21.2 Å². The van der Waals surface area contributed by atoms with E-state index >= 15 is 0 Å². The zero-order valence-corrected chi connectivity index (χ0v) is 16.4. The quantitative estimate of drug-likeness (QED) is 0.814. The monoisotopic (exact) mass is 394 g/mol. The predicted molar refractivity (Wildman–Crippen MR) is 102 cm³/mol. The molecule has 8 heteroatoms. The number of carbonyl (C=O) groups excluding carboxylic acids is 1. The normalized spacial score (nSPS) is 17.7. The highest BCUT2D eigenvalue weighted by atomic mass is 32.2. The van der Waals surface area contributed by atoms with E-state index < -0.39 is 10.0 Å². The van der Waals surface area contributed by atoms with Gasteiger partial charge in [0.05, 0.1) is 16.8 Å². The molecule has 3 rings (SSSR count). The van der Waals surface area contributed by atoms with Crippen LogP contribution in [-0.4, -0.2) is 38.0 Å². The summed E-state index contributed by atoms with van der Waals surface area (Å²) in [7, 11) is -2.05. The van der Waals surface area contributed by atoms with Crippen molar-refractivity contribution in [1.29, 1.82) is 0 Å². The molecule has 0 fully saturated rings. The van der Waals surface area contributed by atoms with Crippen LogP contribution in [0.3, 0.4) is 0 Å². The van der Waals surface area contributed by atoms with E-state index in [-0.39, 0.29) is 16.7 Å². The summed E-state index contributed by atoms with van der Waals surface area (Å²) in [5.41, 5.74) is 0.564. The molecule has 140 valence electrons. The lowest BCUT2D eigenvalue weighted by atomic mass is 10.2. The second-order valence-electron chi connectivity index (χ2n) is 6.37. The van der Waals surface area contributed by atoms with E-state index in [1.165, 1.54) is 4.31 Å². The number of rotatable bonds is 6. The zero-order chi connectivity index (χ0) is 18.7. The van der Waals surface area contributed by atoms with Crippen molar-refractivity contribution in [3.05, 3.63) is 42.4 Å². The number of thioether (sulfide) groups is 1. The van der Waals surface area contributed by atoms with Crippen LogP contribution in [0.4, 0.5) is 5.69 Å². The summed E-state index contributed by atoms with van der Waals surface area (Å²) in [5.74, 6) is 1.32. The lowest BCUT2D eigenvalue weighted by molar-refractivity contribution is -0.118. The first-order chi connectivity index (χ1) is 12.4. The van der Waals surface area contributed by atoms with E-state index in [9.17, 15) is 13.2 Å². The van der Waals surface area contributed by atoms with Crippen LogP contribution in [0, 0.1) is 5.92 Å². The summed E-state index contributed by atoms with van der Waals surface area (Å²) < 4.78 is 32.3. The third-order valence-electron chi connectivity index (χ3n) is 4.33. The molecule has 2 aromatic rings. The summed E-state index contributed by atoms with van der Waals surface area (Å²) in [6.07, 6.45) is 2.96. The highest BCUT2D eigenvalue weighted by molar-refractivity contribution is 7.99. The molecule has 0 saturated carbocycles. The third kappa shape index (κ3) is 4.13. The first kappa shape index (κ1) is 19.0. The molecule has 1 aliphatic heterocycles. The van der Waals surface area contributed by atoms with Gasteiger partial charge in [-0.2, -0.15) is 0 Å². The van der Waals surface area contributed by atoms with Crippen LogP contribution < -0.4 is 5.32 Å². The molecular weight excluding hydrogens is 372 g/mol. The van der Waals surface area contributed by atoms with Gasteiger partial charge in [-0.1, -0.05) is 6.92 Å². The maximum Gasteiger partial charge on any atom is 0.242 e. The maximum absolute atomic E-state index is 12.8. The smallest absolute Gasteiger partial charge is 0.242 e. The number of sulfonamides is 1. The maximum atomic E-state index is 12.8. The molecule has 26 heavy (non-hydrogen) atoms. The Hall–Kier alpha value is -1.77. The number of furan rings is 1. The van der Waals surface area contributed by atoms with Crippen LogP contribution in [0.25, 0.3) is 0 Å². The van der Waals surface area contributed by atoms with Crippen molar-refractivity contribution in [3.63, 3.8) is 0 Å². The minimum absolute atomic E-state index is 0.0856. The topological polar surface area (TPSA) is 79.6 Å². The van der Waals surface area contributed by atoms with Crippen molar-refractivity contribution in [2.75, 3.05) is 24.7 Å². The highest BCUT2D eigenvalue weighted by Gasteiger charge is 2.25. The molecule has 0 unspecified atom stereocenters. The molecule has 6 nitrogen and oxygen atoms in total. The Bertz CT molecular complexity index is 879. The SMILES string of the molecule is C[C@@H]1CSc2ccc(S(=O)(=O)N(C)CCCc3ccco3)cc2NC1=O. The molecular formula is C18H22N2O4S2. The van der Waals surface area contributed by atoms with Crippen LogP contribution >= 0.6 is 11.8 Å². The fourth-order valence-electron chi connectivity index (χ4n) is 2.67. The summed E-state index contributed by atoms with van der Waals surface area (Å²) in [6.45, 7) is 2.25. The van der Waals surface area contributed by atoms with Crippen LogP contribution in [0.2, 0.25) is 0 Å². The molecule has 1 N–H and O–H groups in total. The van der Waals surface area contributed by atoms with Gasteiger partial charge < -0.3 is 9.73 Å². The Morgan fingerprint density at radius 2 is 2.15 bits per heavy atom. The van der Waals surface area contributed by atoms with Gasteiger partial charge in [0.1, 0.15) is 5.76 Å². The molecule has 1 aliphatic rings. The van der Waals surface area contributed by atoms with Gasteiger partial charge in [-0.05, 0) is 36.8 Å². The summed E-state index contributed by atoms with van der Waals surface area (Å²) in [4.78, 5) is 13.1. The third-order valence-corrected chi connectivity index (χ3v) is 7.52. The van der Waals surface area contributed by atoms with Gasteiger partial charge in [0, 0.05) is 36.6 Å². The van der Waals surface area contributed by atoms with Gasteiger partial charge in [0.15, 0.2) is 0 Å². The zero-order valence-electron chi connectivity index (χ0n) is 14.8. The van der Waals surface area contributed by atoms with Gasteiger partial charge >= 0.3 is 0 Å². The van der Waals surface area contributed by atoms with Crippen molar-refractivity contribution < 1.29 is 17.6 Å². The molecule has 0 radical (unpaired) electrons. The van der Waals surface area contributed by atoms with Crippen LogP contribution in [0.5, 0.6) is 0 Å². The molecule has 1 aromatic carbocycles. The highest BCUT2D eigenvalue weighted by Crippen LogP contribution is 2.34. The molecule has 2 heterocycles. The Morgan fingerprint density at radius 3 is 2.88 bits per heavy atom. The number of hydrogen-bond donors (Lipinski definition) is 1. The minimum atomic E-state index is -3.61. The number of anilines is 1. The van der Waals surface area contributed by atoms with E-state index in [0.29, 0.717) is 30.8 Å². The largest absolute Gasteiger partial charge is 0.469 e. The van der Waals surface area contributed by atoms with Crippen molar-refractivity contribution in [3.8, 4) is 0 Å². The first-order valence-electron chi connectivity index (χ1n) is 8.44. The molecule has 0 saturated heterocycles. The number of amides is 1. The minimum Gasteiger partial charge on any atom is -0.469 e. The molecule has 0 spiro atoms. The number of fused-ring (bicyclic) bond motifs is 1. The van der Waals surface area contributed by atoms with Gasteiger partial charge in [-0.15, -0.1) is 11.8 Å². The Labute approximate surface area is 158 Å². The van der Waals surface area contributed by atoms with E-state index in [4.69, 9.17) is 4.42 Å². The van der Waals surface area contributed by atoms with E-state index in [1.54, 1.807) is 43.3 Å². The van der Waals surface area contributed by atoms with E-state index in [1.807, 2.05) is 19.1 Å². The van der Waals surface area contributed by atoms with Crippen LogP contribution in [0.1, 0.15) is 19.1 Å². The van der Waals surface area contributed by atoms with Gasteiger partial charge in [-0.25, -0.2) is 12.7 Å². The predicted octanol–water partition coefficient (Wildman–Crippen LogP) is 3.21. The van der Waals surface area contributed by atoms with E-state index in [2.05, 4.69) is 5.32 Å². The summed E-state index contributed by atoms with van der Waals surface area (Å²) in [6, 6.07) is 8.62. The van der Waals surface area contributed by atoms with Crippen molar-refractivity contribution in [1.82, 2.24) is 4.31 Å². The van der Waals surface area contributed by atoms with Gasteiger partial charge in [0.25, 0.3) is 0 Å². The Morgan fingerprint density at radius 1 is 1.35 bits per heavy atom. The Balaban J connectivity index is 1.72. The number of hydrogen-bond acceptors (Lipinski definition) is 5. The Kier molecular flexibility index (Phi) is 5.74. The van der Waals surface area contributed by atoms with Crippen LogP contribution in [0.15, 0.2) is 50.8 Å². The standard InChI is InChI=1S/C18H22N2O4S2/c1-13-12-25-17-8-7-15(11-16(17)19-18(13)21)26(22,23)20(2)9-3-5-14-6-4-10-24-14/h4,6-8,10-11,13H,3,5,9,12H2,1-2H3,(H,19,21)/t13-/m1/s1. The van der Waals surface area contributed by atoms with Crippen molar-refractivity contribution >= 4 is 33.4 Å². The van der Waals surface area contributed by atoms with E-state index in [0.717, 1.165) is 10.7 Å². The van der Waals surface area contributed by atoms with Crippen molar-refractivity contribution in [2.45, 2.75) is 29.6 Å². The molecule has 0 aliphatic carbocycles. The fraction of sp³-hybridized carbons (Fsp3) is 0.389. The number of benzene rings is 1. The summed E-state index contributed by atoms with van der Waals surface area (Å²) >= 11 is 1.56. The number of nitrogens with zero attached hydrogens (tertiary/aromatic N) is 1. The lowest BCUT2D eigenvalue weighted by Gasteiger charge is -2.18. The van der Waals surface area contributed by atoms with Gasteiger partial charge in [-0.3, -0.25) is 4.79 Å². The molecule has 0 bridgehead atoms. The number of nitrogens with one attached hydrogen (secondary N) is 1. The molecule has 1 aromatic heterocycles. The van der Waals surface area contributed by atoms with Crippen molar-refractivity contribution in [2.24, 2.45) is 5.92 Å². The fourth-order valence-corrected chi connectivity index (χ4v) is 4.92. The average molecular weight is 395 g/mol. The first-order valence-corrected chi connectivity index (χ1v) is 10.9. The second-order valence-corrected chi connectivity index (χ2v) is 9.48. The lowest BCUT2D eigenvalue weighted by Crippen LogP contribution is -2.28. The molecule has 1 amide bonds. The molecule has 1 atom stereocenters. The van der Waals surface area contributed by atoms with Gasteiger partial charge in [0.2, 0.25) is 15.9 Å². The second kappa shape index (κ2) is 7.85. The summed E-state index contributed by atoms with van der Waals surface area (Å²) in [5, 5.41) is 2.83. The average Bonchev–Trinajstić information content (AvgIpc) is 3.08. The number of aryl methyl sites for hydroxylation is 1.